The highest BCUT2D eigenvalue weighted by Gasteiger charge is 2.18. The Balaban J connectivity index is 1.91. The van der Waals surface area contributed by atoms with Gasteiger partial charge in [0.25, 0.3) is 5.91 Å². The van der Waals surface area contributed by atoms with Crippen molar-refractivity contribution in [1.82, 2.24) is 15.0 Å². The monoisotopic (exact) mass is 333 g/mol. The van der Waals surface area contributed by atoms with Crippen LogP contribution in [-0.4, -0.2) is 35.4 Å². The molecule has 0 bridgehead atoms. The van der Waals surface area contributed by atoms with E-state index in [0.29, 0.717) is 24.5 Å². The van der Waals surface area contributed by atoms with Crippen molar-refractivity contribution in [1.29, 1.82) is 0 Å². The largest absolute Gasteiger partial charge is 0.381 e. The summed E-state index contributed by atoms with van der Waals surface area (Å²) < 4.78 is 12.6. The zero-order chi connectivity index (χ0) is 17.5. The fraction of sp³-hybridized carbons (Fsp3) is 0.556. The summed E-state index contributed by atoms with van der Waals surface area (Å²) in [6.07, 6.45) is 3.04. The zero-order valence-corrected chi connectivity index (χ0v) is 15.0. The lowest BCUT2D eigenvalue weighted by molar-refractivity contribution is 0.0940. The fourth-order valence-corrected chi connectivity index (χ4v) is 2.62. The van der Waals surface area contributed by atoms with Gasteiger partial charge in [0.2, 0.25) is 0 Å². The molecule has 0 aliphatic carbocycles. The highest BCUT2D eigenvalue weighted by atomic mass is 16.5. The van der Waals surface area contributed by atoms with Crippen LogP contribution in [0.5, 0.6) is 0 Å². The number of unbranched alkanes of at least 4 members (excludes halogenated alkanes) is 1. The SMILES string of the molecule is CCCCOCCCNC(=O)c1cc(C)n(-c2cc(C)on2)c1C. The Morgan fingerprint density at radius 1 is 1.25 bits per heavy atom. The molecule has 0 unspecified atom stereocenters. The molecule has 2 aromatic heterocycles. The Morgan fingerprint density at radius 2 is 2.00 bits per heavy atom. The van der Waals surface area contributed by atoms with E-state index in [1.54, 1.807) is 0 Å². The predicted octanol–water partition coefficient (Wildman–Crippen LogP) is 3.33. The number of aryl methyl sites for hydroxylation is 2. The van der Waals surface area contributed by atoms with Crippen LogP contribution in [0.4, 0.5) is 0 Å². The summed E-state index contributed by atoms with van der Waals surface area (Å²) in [7, 11) is 0. The van der Waals surface area contributed by atoms with Crippen LogP contribution in [0, 0.1) is 20.8 Å². The molecule has 1 N–H and O–H groups in total. The average Bonchev–Trinajstić information content (AvgIpc) is 3.09. The summed E-state index contributed by atoms with van der Waals surface area (Å²) in [5.74, 6) is 1.38. The summed E-state index contributed by atoms with van der Waals surface area (Å²) in [6, 6.07) is 3.74. The third kappa shape index (κ3) is 4.47. The molecule has 0 saturated carbocycles. The number of carbonyl (C=O) groups excluding carboxylic acids is 1. The van der Waals surface area contributed by atoms with Gasteiger partial charge in [-0.2, -0.15) is 0 Å². The molecule has 1 amide bonds. The van der Waals surface area contributed by atoms with Crippen LogP contribution in [0.2, 0.25) is 0 Å². The Bertz CT molecular complexity index is 673. The average molecular weight is 333 g/mol. The van der Waals surface area contributed by atoms with E-state index in [4.69, 9.17) is 9.26 Å². The Labute approximate surface area is 143 Å². The summed E-state index contributed by atoms with van der Waals surface area (Å²) in [5.41, 5.74) is 2.48. The van der Waals surface area contributed by atoms with Gasteiger partial charge in [-0.1, -0.05) is 18.5 Å². The molecule has 24 heavy (non-hydrogen) atoms. The molecular formula is C18H27N3O3. The number of hydrogen-bond donors (Lipinski definition) is 1. The summed E-state index contributed by atoms with van der Waals surface area (Å²) in [6.45, 7) is 9.94. The second-order valence-electron chi connectivity index (χ2n) is 5.99. The van der Waals surface area contributed by atoms with E-state index >= 15 is 0 Å². The van der Waals surface area contributed by atoms with Gasteiger partial charge in [-0.3, -0.25) is 9.36 Å². The van der Waals surface area contributed by atoms with Gasteiger partial charge < -0.3 is 14.6 Å². The van der Waals surface area contributed by atoms with E-state index in [0.717, 1.165) is 43.0 Å². The van der Waals surface area contributed by atoms with E-state index in [-0.39, 0.29) is 5.91 Å². The molecule has 0 fully saturated rings. The molecule has 0 atom stereocenters. The predicted molar refractivity (Wildman–Crippen MR) is 92.7 cm³/mol. The van der Waals surface area contributed by atoms with Gasteiger partial charge in [-0.05, 0) is 39.7 Å². The maximum absolute atomic E-state index is 12.4. The van der Waals surface area contributed by atoms with Crippen LogP contribution in [0.15, 0.2) is 16.7 Å². The molecule has 0 aliphatic heterocycles. The van der Waals surface area contributed by atoms with Crippen LogP contribution in [0.1, 0.15) is 53.7 Å². The van der Waals surface area contributed by atoms with Crippen LogP contribution in [-0.2, 0) is 4.74 Å². The molecule has 0 spiro atoms. The normalized spacial score (nSPS) is 11.0. The number of nitrogens with zero attached hydrogens (tertiary/aromatic N) is 2. The van der Waals surface area contributed by atoms with Crippen molar-refractivity contribution < 1.29 is 14.1 Å². The Kier molecular flexibility index (Phi) is 6.61. The minimum absolute atomic E-state index is 0.0666. The highest BCUT2D eigenvalue weighted by Crippen LogP contribution is 2.20. The van der Waals surface area contributed by atoms with Crippen molar-refractivity contribution in [3.63, 3.8) is 0 Å². The molecule has 2 aromatic rings. The topological polar surface area (TPSA) is 69.3 Å². The number of hydrogen-bond acceptors (Lipinski definition) is 4. The van der Waals surface area contributed by atoms with Crippen molar-refractivity contribution in [2.45, 2.75) is 47.0 Å². The van der Waals surface area contributed by atoms with Gasteiger partial charge >= 0.3 is 0 Å². The Hall–Kier alpha value is -2.08. The quantitative estimate of drug-likeness (QED) is 0.715. The van der Waals surface area contributed by atoms with E-state index < -0.39 is 0 Å². The van der Waals surface area contributed by atoms with Gasteiger partial charge in [-0.25, -0.2) is 0 Å². The third-order valence-electron chi connectivity index (χ3n) is 3.91. The maximum Gasteiger partial charge on any atom is 0.253 e. The van der Waals surface area contributed by atoms with Crippen molar-refractivity contribution >= 4 is 5.91 Å². The lowest BCUT2D eigenvalue weighted by Crippen LogP contribution is -2.25. The van der Waals surface area contributed by atoms with Gasteiger partial charge in [0.15, 0.2) is 5.82 Å². The van der Waals surface area contributed by atoms with Crippen molar-refractivity contribution in [3.05, 3.63) is 34.8 Å². The van der Waals surface area contributed by atoms with Crippen LogP contribution in [0.25, 0.3) is 5.82 Å². The second kappa shape index (κ2) is 8.68. The first kappa shape index (κ1) is 18.3. The van der Waals surface area contributed by atoms with E-state index in [1.165, 1.54) is 0 Å². The molecule has 6 heteroatoms. The fourth-order valence-electron chi connectivity index (χ4n) is 2.62. The molecule has 0 radical (unpaired) electrons. The summed E-state index contributed by atoms with van der Waals surface area (Å²) in [5, 5.41) is 6.98. The summed E-state index contributed by atoms with van der Waals surface area (Å²) in [4.78, 5) is 12.4. The van der Waals surface area contributed by atoms with Crippen LogP contribution >= 0.6 is 0 Å². The minimum atomic E-state index is -0.0666. The smallest absolute Gasteiger partial charge is 0.253 e. The van der Waals surface area contributed by atoms with Gasteiger partial charge in [-0.15, -0.1) is 0 Å². The highest BCUT2D eigenvalue weighted by molar-refractivity contribution is 5.95. The lowest BCUT2D eigenvalue weighted by Gasteiger charge is -2.07. The van der Waals surface area contributed by atoms with Gasteiger partial charge in [0.05, 0.1) is 5.56 Å². The molecule has 2 heterocycles. The van der Waals surface area contributed by atoms with E-state index in [2.05, 4.69) is 17.4 Å². The van der Waals surface area contributed by atoms with E-state index in [9.17, 15) is 4.79 Å². The standard InChI is InChI=1S/C18H27N3O3/c1-5-6-9-23-10-7-8-19-18(22)16-11-13(2)21(15(16)4)17-12-14(3)24-20-17/h11-12H,5-10H2,1-4H3,(H,19,22). The van der Waals surface area contributed by atoms with Crippen molar-refractivity contribution in [2.75, 3.05) is 19.8 Å². The maximum atomic E-state index is 12.4. The molecule has 132 valence electrons. The van der Waals surface area contributed by atoms with Crippen LogP contribution < -0.4 is 5.32 Å². The molecular weight excluding hydrogens is 306 g/mol. The third-order valence-corrected chi connectivity index (χ3v) is 3.91. The molecule has 0 aliphatic rings. The Morgan fingerprint density at radius 3 is 2.67 bits per heavy atom. The van der Waals surface area contributed by atoms with E-state index in [1.807, 2.05) is 37.5 Å². The first-order chi connectivity index (χ1) is 11.5. The molecule has 2 rings (SSSR count). The van der Waals surface area contributed by atoms with Crippen molar-refractivity contribution in [2.24, 2.45) is 0 Å². The number of carbonyl (C=O) groups is 1. The lowest BCUT2D eigenvalue weighted by atomic mass is 10.2. The molecule has 0 aromatic carbocycles. The van der Waals surface area contributed by atoms with Gasteiger partial charge in [0.1, 0.15) is 5.76 Å². The van der Waals surface area contributed by atoms with Crippen molar-refractivity contribution in [3.8, 4) is 5.82 Å². The number of amides is 1. The number of nitrogens with one attached hydrogen (secondary N) is 1. The number of aromatic nitrogens is 2. The first-order valence-electron chi connectivity index (χ1n) is 8.53. The first-order valence-corrected chi connectivity index (χ1v) is 8.53. The minimum Gasteiger partial charge on any atom is -0.381 e. The van der Waals surface area contributed by atoms with Gasteiger partial charge in [0, 0.05) is 37.2 Å². The number of ether oxygens (including phenoxy) is 1. The van der Waals surface area contributed by atoms with Crippen LogP contribution in [0.3, 0.4) is 0 Å². The zero-order valence-electron chi connectivity index (χ0n) is 15.0. The summed E-state index contributed by atoms with van der Waals surface area (Å²) >= 11 is 0. The molecule has 0 saturated heterocycles. The number of rotatable bonds is 9. The second-order valence-corrected chi connectivity index (χ2v) is 5.99. The molecule has 6 nitrogen and oxygen atoms in total.